The van der Waals surface area contributed by atoms with Crippen LogP contribution in [0.15, 0.2) is 42.5 Å². The van der Waals surface area contributed by atoms with Crippen LogP contribution < -0.4 is 0 Å². The first-order valence-corrected chi connectivity index (χ1v) is 6.94. The number of rotatable bonds is 1. The van der Waals surface area contributed by atoms with E-state index in [1.165, 1.54) is 21.9 Å². The van der Waals surface area contributed by atoms with Crippen molar-refractivity contribution in [3.8, 4) is 0 Å². The summed E-state index contributed by atoms with van der Waals surface area (Å²) >= 11 is 0. The molecule has 2 aromatic rings. The Kier molecular flexibility index (Phi) is 8.65. The van der Waals surface area contributed by atoms with E-state index in [2.05, 4.69) is 62.4 Å². The summed E-state index contributed by atoms with van der Waals surface area (Å²) in [6.45, 7) is 12.2. The van der Waals surface area contributed by atoms with Crippen LogP contribution in [-0.4, -0.2) is 0 Å². The largest absolute Gasteiger partial charge is 0.0870 e. The maximum atomic E-state index is 2.18. The van der Waals surface area contributed by atoms with Crippen molar-refractivity contribution >= 4 is 16.8 Å². The molecule has 0 N–H and O–H groups in total. The minimum absolute atomic E-state index is 1.31. The molecule has 0 unspecified atom stereocenters. The molecular weight excluding hydrogens is 216 g/mol. The Morgan fingerprint density at radius 2 is 1.44 bits per heavy atom. The Bertz CT molecular complexity index is 478. The highest BCUT2D eigenvalue weighted by atomic mass is 14.0. The van der Waals surface area contributed by atoms with Gasteiger partial charge in [0.25, 0.3) is 0 Å². The molecule has 0 aromatic heterocycles. The summed E-state index contributed by atoms with van der Waals surface area (Å²) in [5.41, 5.74) is 2.67. The number of allylic oxidation sites excluding steroid dienone is 1. The third-order valence-corrected chi connectivity index (χ3v) is 2.52. The van der Waals surface area contributed by atoms with E-state index in [0.717, 1.165) is 0 Å². The predicted octanol–water partition coefficient (Wildman–Crippen LogP) is 6.23. The van der Waals surface area contributed by atoms with E-state index < -0.39 is 0 Å². The average Bonchev–Trinajstić information content (AvgIpc) is 2.46. The molecule has 0 nitrogen and oxygen atoms in total. The molecule has 0 bridgehead atoms. The van der Waals surface area contributed by atoms with E-state index in [9.17, 15) is 0 Å². The molecule has 98 valence electrons. The summed E-state index contributed by atoms with van der Waals surface area (Å²) in [4.78, 5) is 0. The molecule has 0 atom stereocenters. The molecule has 0 saturated carbocycles. The zero-order valence-corrected chi connectivity index (χ0v) is 12.6. The zero-order valence-electron chi connectivity index (χ0n) is 12.6. The molecule has 0 fully saturated rings. The molecule has 0 spiro atoms. The first-order valence-electron chi connectivity index (χ1n) is 6.94. The summed E-state index contributed by atoms with van der Waals surface area (Å²) in [5.74, 6) is 0. The molecular formula is C18H26. The van der Waals surface area contributed by atoms with Crippen LogP contribution in [0.2, 0.25) is 0 Å². The van der Waals surface area contributed by atoms with Gasteiger partial charge in [0.1, 0.15) is 0 Å². The van der Waals surface area contributed by atoms with E-state index in [-0.39, 0.29) is 0 Å². The standard InChI is InChI=1S/C14H14.2C2H6/c1-3-6-13-11(2)9-10-12-7-4-5-8-14(12)13;2*1-2/h3-10H,1-2H3;2*1-2H3/b6-3-;;. The molecule has 0 heteroatoms. The van der Waals surface area contributed by atoms with Crippen molar-refractivity contribution in [1.82, 2.24) is 0 Å². The molecule has 0 aliphatic carbocycles. The lowest BCUT2D eigenvalue weighted by Gasteiger charge is -2.05. The SMILES string of the molecule is C/C=C\c1c(C)ccc2ccccc12.CC.CC. The number of aryl methyl sites for hydroxylation is 1. The Morgan fingerprint density at radius 3 is 2.06 bits per heavy atom. The fourth-order valence-electron chi connectivity index (χ4n) is 1.79. The van der Waals surface area contributed by atoms with E-state index in [4.69, 9.17) is 0 Å². The topological polar surface area (TPSA) is 0 Å². The molecule has 0 amide bonds. The molecule has 18 heavy (non-hydrogen) atoms. The summed E-state index contributed by atoms with van der Waals surface area (Å²) < 4.78 is 0. The van der Waals surface area contributed by atoms with Gasteiger partial charge in [-0.3, -0.25) is 0 Å². The lowest BCUT2D eigenvalue weighted by Crippen LogP contribution is -1.83. The second-order valence-electron chi connectivity index (χ2n) is 3.52. The van der Waals surface area contributed by atoms with Gasteiger partial charge >= 0.3 is 0 Å². The minimum atomic E-state index is 1.31. The third kappa shape index (κ3) is 4.03. The van der Waals surface area contributed by atoms with Gasteiger partial charge in [0.15, 0.2) is 0 Å². The van der Waals surface area contributed by atoms with E-state index in [1.807, 2.05) is 27.7 Å². The van der Waals surface area contributed by atoms with Gasteiger partial charge in [0.2, 0.25) is 0 Å². The normalized spacial score (nSPS) is 9.44. The van der Waals surface area contributed by atoms with Crippen molar-refractivity contribution in [3.05, 3.63) is 53.6 Å². The van der Waals surface area contributed by atoms with Crippen LogP contribution in [0, 0.1) is 6.92 Å². The summed E-state index contributed by atoms with van der Waals surface area (Å²) in [6.07, 6.45) is 4.27. The van der Waals surface area contributed by atoms with Crippen LogP contribution in [0.4, 0.5) is 0 Å². The Labute approximate surface area is 112 Å². The van der Waals surface area contributed by atoms with Gasteiger partial charge < -0.3 is 0 Å². The Morgan fingerprint density at radius 1 is 0.833 bits per heavy atom. The van der Waals surface area contributed by atoms with Crippen molar-refractivity contribution in [3.63, 3.8) is 0 Å². The molecule has 0 aliphatic rings. The lowest BCUT2D eigenvalue weighted by atomic mass is 9.99. The molecule has 2 aromatic carbocycles. The van der Waals surface area contributed by atoms with Crippen molar-refractivity contribution in [2.24, 2.45) is 0 Å². The molecule has 0 aliphatic heterocycles. The summed E-state index contributed by atoms with van der Waals surface area (Å²) in [7, 11) is 0. The maximum absolute atomic E-state index is 2.18. The van der Waals surface area contributed by atoms with Crippen LogP contribution >= 0.6 is 0 Å². The number of hydrogen-bond donors (Lipinski definition) is 0. The van der Waals surface area contributed by atoms with E-state index >= 15 is 0 Å². The van der Waals surface area contributed by atoms with Gasteiger partial charge in [-0.15, -0.1) is 0 Å². The van der Waals surface area contributed by atoms with Crippen LogP contribution in [0.5, 0.6) is 0 Å². The van der Waals surface area contributed by atoms with E-state index in [1.54, 1.807) is 0 Å². The molecule has 2 rings (SSSR count). The first kappa shape index (κ1) is 16.4. The van der Waals surface area contributed by atoms with Crippen LogP contribution in [0.3, 0.4) is 0 Å². The number of benzene rings is 2. The van der Waals surface area contributed by atoms with Crippen molar-refractivity contribution in [1.29, 1.82) is 0 Å². The predicted molar refractivity (Wildman–Crippen MR) is 86.1 cm³/mol. The highest BCUT2D eigenvalue weighted by Crippen LogP contribution is 2.23. The van der Waals surface area contributed by atoms with Crippen LogP contribution in [0.1, 0.15) is 45.7 Å². The lowest BCUT2D eigenvalue weighted by molar-refractivity contribution is 1.47. The summed E-state index contributed by atoms with van der Waals surface area (Å²) in [6, 6.07) is 12.9. The zero-order chi connectivity index (χ0) is 14.0. The van der Waals surface area contributed by atoms with Gasteiger partial charge in [-0.2, -0.15) is 0 Å². The van der Waals surface area contributed by atoms with Crippen LogP contribution in [0.25, 0.3) is 16.8 Å². The van der Waals surface area contributed by atoms with Crippen molar-refractivity contribution in [2.75, 3.05) is 0 Å². The third-order valence-electron chi connectivity index (χ3n) is 2.52. The summed E-state index contributed by atoms with van der Waals surface area (Å²) in [5, 5.41) is 2.65. The smallest absolute Gasteiger partial charge is 0.0109 e. The second-order valence-corrected chi connectivity index (χ2v) is 3.52. The van der Waals surface area contributed by atoms with Gasteiger partial charge in [-0.1, -0.05) is 76.2 Å². The van der Waals surface area contributed by atoms with Crippen molar-refractivity contribution < 1.29 is 0 Å². The Hall–Kier alpha value is -1.56. The van der Waals surface area contributed by atoms with Crippen LogP contribution in [-0.2, 0) is 0 Å². The van der Waals surface area contributed by atoms with Gasteiger partial charge in [0.05, 0.1) is 0 Å². The molecule has 0 radical (unpaired) electrons. The van der Waals surface area contributed by atoms with Gasteiger partial charge in [-0.05, 0) is 35.7 Å². The number of fused-ring (bicyclic) bond motifs is 1. The molecule has 0 heterocycles. The Balaban J connectivity index is 0.000000659. The van der Waals surface area contributed by atoms with Gasteiger partial charge in [0, 0.05) is 0 Å². The van der Waals surface area contributed by atoms with E-state index in [0.29, 0.717) is 0 Å². The fourth-order valence-corrected chi connectivity index (χ4v) is 1.79. The highest BCUT2D eigenvalue weighted by Gasteiger charge is 1.99. The first-order chi connectivity index (χ1) is 8.83. The minimum Gasteiger partial charge on any atom is -0.0870 e. The monoisotopic (exact) mass is 242 g/mol. The van der Waals surface area contributed by atoms with Gasteiger partial charge in [-0.25, -0.2) is 0 Å². The maximum Gasteiger partial charge on any atom is -0.0109 e. The average molecular weight is 242 g/mol. The fraction of sp³-hybridized carbons (Fsp3) is 0.333. The number of hydrogen-bond acceptors (Lipinski definition) is 0. The quantitative estimate of drug-likeness (QED) is 0.555. The second kappa shape index (κ2) is 9.47. The molecule has 0 saturated heterocycles. The highest BCUT2D eigenvalue weighted by molar-refractivity contribution is 5.91. The van der Waals surface area contributed by atoms with Crippen molar-refractivity contribution in [2.45, 2.75) is 41.5 Å².